The van der Waals surface area contributed by atoms with Crippen molar-refractivity contribution < 1.29 is 18.4 Å². The van der Waals surface area contributed by atoms with Crippen molar-refractivity contribution >= 4 is 17.5 Å². The van der Waals surface area contributed by atoms with Gasteiger partial charge in [0.25, 0.3) is 5.91 Å². The molecule has 0 aliphatic rings. The Morgan fingerprint density at radius 2 is 1.82 bits per heavy atom. The van der Waals surface area contributed by atoms with Crippen molar-refractivity contribution in [3.8, 4) is 0 Å². The van der Waals surface area contributed by atoms with Crippen molar-refractivity contribution in [1.82, 2.24) is 5.32 Å². The van der Waals surface area contributed by atoms with Gasteiger partial charge in [-0.15, -0.1) is 0 Å². The van der Waals surface area contributed by atoms with Crippen molar-refractivity contribution in [3.63, 3.8) is 0 Å². The molecule has 144 valence electrons. The maximum absolute atomic E-state index is 13.0. The Kier molecular flexibility index (Phi) is 5.89. The van der Waals surface area contributed by atoms with Crippen LogP contribution in [0.15, 0.2) is 65.3 Å². The molecule has 0 fully saturated rings. The largest absolute Gasteiger partial charge is 0.459 e. The lowest BCUT2D eigenvalue weighted by Gasteiger charge is -2.23. The molecule has 6 heteroatoms. The molecular weight excluding hydrogens is 359 g/mol. The fraction of sp³-hybridized carbons (Fsp3) is 0.182. The molecule has 0 spiro atoms. The summed E-state index contributed by atoms with van der Waals surface area (Å²) in [5.74, 6) is -0.895. The number of hydrogen-bond acceptors (Lipinski definition) is 3. The molecular formula is C22H21FN2O3. The third-order valence-electron chi connectivity index (χ3n) is 4.34. The normalized spacial score (nSPS) is 10.5. The van der Waals surface area contributed by atoms with Gasteiger partial charge in [0.2, 0.25) is 5.91 Å². The standard InChI is InChI=1S/C22H21FN2O3/c1-15-5-6-16(2)19(12-15)25(22(27)20-4-3-11-28-20)14-21(26)24-13-17-7-9-18(23)10-8-17/h3-12H,13-14H2,1-2H3,(H,24,26). The van der Waals surface area contributed by atoms with Crippen molar-refractivity contribution in [2.24, 2.45) is 0 Å². The monoisotopic (exact) mass is 380 g/mol. The lowest BCUT2D eigenvalue weighted by atomic mass is 10.1. The van der Waals surface area contributed by atoms with Gasteiger partial charge >= 0.3 is 0 Å². The van der Waals surface area contributed by atoms with E-state index in [0.29, 0.717) is 5.69 Å². The van der Waals surface area contributed by atoms with Crippen LogP contribution in [0.25, 0.3) is 0 Å². The van der Waals surface area contributed by atoms with Crippen LogP contribution in [0.1, 0.15) is 27.2 Å². The predicted octanol–water partition coefficient (Wildman–Crippen LogP) is 4.00. The van der Waals surface area contributed by atoms with Gasteiger partial charge in [0.05, 0.1) is 6.26 Å². The molecule has 1 aromatic heterocycles. The van der Waals surface area contributed by atoms with Crippen LogP contribution >= 0.6 is 0 Å². The summed E-state index contributed by atoms with van der Waals surface area (Å²) < 4.78 is 18.2. The van der Waals surface area contributed by atoms with E-state index in [9.17, 15) is 14.0 Å². The van der Waals surface area contributed by atoms with Crippen molar-refractivity contribution in [2.45, 2.75) is 20.4 Å². The van der Waals surface area contributed by atoms with Crippen LogP contribution < -0.4 is 10.2 Å². The quantitative estimate of drug-likeness (QED) is 0.703. The smallest absolute Gasteiger partial charge is 0.294 e. The molecule has 1 heterocycles. The number of anilines is 1. The first-order chi connectivity index (χ1) is 13.4. The Hall–Kier alpha value is -3.41. The molecule has 0 aliphatic heterocycles. The highest BCUT2D eigenvalue weighted by Gasteiger charge is 2.24. The first kappa shape index (κ1) is 19.4. The Morgan fingerprint density at radius 3 is 2.50 bits per heavy atom. The number of carbonyl (C=O) groups is 2. The van der Waals surface area contributed by atoms with Crippen LogP contribution in [0, 0.1) is 19.7 Å². The van der Waals surface area contributed by atoms with Crippen LogP contribution in [0.4, 0.5) is 10.1 Å². The van der Waals surface area contributed by atoms with Gasteiger partial charge in [-0.1, -0.05) is 24.3 Å². The second kappa shape index (κ2) is 8.52. The van der Waals surface area contributed by atoms with Gasteiger partial charge in [0.15, 0.2) is 5.76 Å². The van der Waals surface area contributed by atoms with Crippen LogP contribution in [-0.2, 0) is 11.3 Å². The summed E-state index contributed by atoms with van der Waals surface area (Å²) in [6.07, 6.45) is 1.42. The number of furan rings is 1. The first-order valence-electron chi connectivity index (χ1n) is 8.88. The Morgan fingerprint density at radius 1 is 1.07 bits per heavy atom. The molecule has 0 saturated heterocycles. The number of nitrogens with one attached hydrogen (secondary N) is 1. The zero-order chi connectivity index (χ0) is 20.1. The predicted molar refractivity (Wildman–Crippen MR) is 105 cm³/mol. The molecule has 5 nitrogen and oxygen atoms in total. The average Bonchev–Trinajstić information content (AvgIpc) is 3.22. The van der Waals surface area contributed by atoms with E-state index >= 15 is 0 Å². The number of benzene rings is 2. The van der Waals surface area contributed by atoms with E-state index in [1.54, 1.807) is 24.3 Å². The molecule has 0 atom stereocenters. The summed E-state index contributed by atoms with van der Waals surface area (Å²) in [5.41, 5.74) is 3.27. The number of nitrogens with zero attached hydrogens (tertiary/aromatic N) is 1. The molecule has 3 aromatic rings. The summed E-state index contributed by atoms with van der Waals surface area (Å²) >= 11 is 0. The van der Waals surface area contributed by atoms with E-state index in [4.69, 9.17) is 4.42 Å². The van der Waals surface area contributed by atoms with Crippen molar-refractivity contribution in [2.75, 3.05) is 11.4 Å². The molecule has 0 unspecified atom stereocenters. The SMILES string of the molecule is Cc1ccc(C)c(N(CC(=O)NCc2ccc(F)cc2)C(=O)c2ccco2)c1. The zero-order valence-corrected chi connectivity index (χ0v) is 15.7. The summed E-state index contributed by atoms with van der Waals surface area (Å²) in [6, 6.07) is 14.8. The highest BCUT2D eigenvalue weighted by atomic mass is 19.1. The number of carbonyl (C=O) groups excluding carboxylic acids is 2. The molecule has 3 rings (SSSR count). The minimum atomic E-state index is -0.393. The summed E-state index contributed by atoms with van der Waals surface area (Å²) in [5, 5.41) is 2.77. The molecule has 28 heavy (non-hydrogen) atoms. The van der Waals surface area contributed by atoms with Gasteiger partial charge < -0.3 is 9.73 Å². The number of rotatable bonds is 6. The third kappa shape index (κ3) is 4.65. The lowest BCUT2D eigenvalue weighted by Crippen LogP contribution is -2.41. The molecule has 1 N–H and O–H groups in total. The number of aryl methyl sites for hydroxylation is 2. The number of halogens is 1. The molecule has 0 bridgehead atoms. The maximum Gasteiger partial charge on any atom is 0.294 e. The Balaban J connectivity index is 1.78. The Bertz CT molecular complexity index is 966. The second-order valence-corrected chi connectivity index (χ2v) is 6.56. The first-order valence-corrected chi connectivity index (χ1v) is 8.88. The summed E-state index contributed by atoms with van der Waals surface area (Å²) in [7, 11) is 0. The molecule has 0 aliphatic carbocycles. The number of hydrogen-bond donors (Lipinski definition) is 1. The van der Waals surface area contributed by atoms with Crippen LogP contribution in [0.3, 0.4) is 0 Å². The zero-order valence-electron chi connectivity index (χ0n) is 15.7. The van der Waals surface area contributed by atoms with Gasteiger partial charge in [-0.25, -0.2) is 4.39 Å². The fourth-order valence-corrected chi connectivity index (χ4v) is 2.81. The third-order valence-corrected chi connectivity index (χ3v) is 4.34. The van der Waals surface area contributed by atoms with E-state index in [1.807, 2.05) is 32.0 Å². The maximum atomic E-state index is 13.0. The van der Waals surface area contributed by atoms with Crippen LogP contribution in [0.2, 0.25) is 0 Å². The number of amides is 2. The van der Waals surface area contributed by atoms with Gasteiger partial charge in [-0.3, -0.25) is 14.5 Å². The van der Waals surface area contributed by atoms with Gasteiger partial charge in [-0.2, -0.15) is 0 Å². The van der Waals surface area contributed by atoms with E-state index in [-0.39, 0.29) is 30.6 Å². The molecule has 0 radical (unpaired) electrons. The van der Waals surface area contributed by atoms with E-state index in [0.717, 1.165) is 16.7 Å². The van der Waals surface area contributed by atoms with Gasteiger partial charge in [0, 0.05) is 12.2 Å². The minimum absolute atomic E-state index is 0.159. The van der Waals surface area contributed by atoms with Crippen molar-refractivity contribution in [1.29, 1.82) is 0 Å². The minimum Gasteiger partial charge on any atom is -0.459 e. The summed E-state index contributed by atoms with van der Waals surface area (Å²) in [6.45, 7) is 3.89. The topological polar surface area (TPSA) is 62.6 Å². The highest BCUT2D eigenvalue weighted by Crippen LogP contribution is 2.23. The van der Waals surface area contributed by atoms with Crippen LogP contribution in [-0.4, -0.2) is 18.4 Å². The highest BCUT2D eigenvalue weighted by molar-refractivity contribution is 6.07. The van der Waals surface area contributed by atoms with Gasteiger partial charge in [-0.05, 0) is 60.9 Å². The van der Waals surface area contributed by atoms with E-state index in [1.165, 1.54) is 23.3 Å². The van der Waals surface area contributed by atoms with E-state index in [2.05, 4.69) is 5.32 Å². The average molecular weight is 380 g/mol. The lowest BCUT2D eigenvalue weighted by molar-refractivity contribution is -0.119. The second-order valence-electron chi connectivity index (χ2n) is 6.56. The summed E-state index contributed by atoms with van der Waals surface area (Å²) in [4.78, 5) is 26.9. The fourth-order valence-electron chi connectivity index (χ4n) is 2.81. The Labute approximate surface area is 162 Å². The van der Waals surface area contributed by atoms with E-state index < -0.39 is 5.91 Å². The molecule has 2 amide bonds. The molecule has 0 saturated carbocycles. The van der Waals surface area contributed by atoms with Crippen LogP contribution in [0.5, 0.6) is 0 Å². The molecule has 2 aromatic carbocycles. The van der Waals surface area contributed by atoms with Gasteiger partial charge in [0.1, 0.15) is 12.4 Å². The van der Waals surface area contributed by atoms with Crippen molar-refractivity contribution in [3.05, 3.63) is 89.1 Å².